The van der Waals surface area contributed by atoms with Gasteiger partial charge in [-0.3, -0.25) is 9.59 Å². The van der Waals surface area contributed by atoms with Crippen LogP contribution in [0, 0.1) is 35.5 Å². The molecule has 0 unspecified atom stereocenters. The molecular weight excluding hydrogens is 559 g/mol. The average molecular weight is 610 g/mol. The molecule has 2 N–H and O–H groups in total. The van der Waals surface area contributed by atoms with Crippen molar-refractivity contribution in [2.24, 2.45) is 5.73 Å². The fourth-order valence-electron chi connectivity index (χ4n) is 2.88. The van der Waals surface area contributed by atoms with Crippen molar-refractivity contribution in [2.75, 3.05) is 13.2 Å². The van der Waals surface area contributed by atoms with Crippen LogP contribution in [0.1, 0.15) is 105 Å². The number of phosphoric ester groups is 1. The van der Waals surface area contributed by atoms with Crippen molar-refractivity contribution >= 4 is 25.7 Å². The number of primary amides is 1. The summed E-state index contributed by atoms with van der Waals surface area (Å²) in [6, 6.07) is 0. The van der Waals surface area contributed by atoms with E-state index in [1.807, 2.05) is 0 Å². The van der Waals surface area contributed by atoms with Crippen LogP contribution < -0.4 is 74.6 Å². The van der Waals surface area contributed by atoms with E-state index in [1.165, 1.54) is 51.9 Å². The maximum Gasteiger partial charge on any atom is 1.00 e. The van der Waals surface area contributed by atoms with Crippen molar-refractivity contribution in [1.29, 1.82) is 0 Å². The molecular formula is C27H50NNa2O9P. The second-order valence-electron chi connectivity index (χ2n) is 8.22. The van der Waals surface area contributed by atoms with Gasteiger partial charge < -0.3 is 34.1 Å². The van der Waals surface area contributed by atoms with E-state index in [1.54, 1.807) is 6.92 Å². The van der Waals surface area contributed by atoms with Crippen molar-refractivity contribution in [1.82, 2.24) is 0 Å². The van der Waals surface area contributed by atoms with E-state index in [-0.39, 0.29) is 78.6 Å². The fourth-order valence-corrected chi connectivity index (χ4v) is 3.23. The summed E-state index contributed by atoms with van der Waals surface area (Å²) in [5.74, 6) is 12.1. The maximum absolute atomic E-state index is 12.1. The van der Waals surface area contributed by atoms with Crippen molar-refractivity contribution in [3.05, 3.63) is 0 Å². The first kappa shape index (κ1) is 46.2. The Morgan fingerprint density at radius 2 is 1.32 bits per heavy atom. The Morgan fingerprint density at radius 3 is 1.80 bits per heavy atom. The number of phosphoric acid groups is 1. The molecule has 0 heterocycles. The predicted octanol–water partition coefficient (Wildman–Crippen LogP) is -2.25. The van der Waals surface area contributed by atoms with Crippen LogP contribution in [0.4, 0.5) is 0 Å². The van der Waals surface area contributed by atoms with E-state index in [4.69, 9.17) is 9.47 Å². The van der Waals surface area contributed by atoms with E-state index >= 15 is 0 Å². The zero-order valence-electron chi connectivity index (χ0n) is 24.7. The van der Waals surface area contributed by atoms with Gasteiger partial charge in [-0.25, -0.2) is 4.79 Å². The summed E-state index contributed by atoms with van der Waals surface area (Å²) in [6.45, 7) is 3.84. The summed E-state index contributed by atoms with van der Waals surface area (Å²) < 4.78 is 24.8. The van der Waals surface area contributed by atoms with Crippen LogP contribution >= 0.6 is 7.82 Å². The third-order valence-electron chi connectivity index (χ3n) is 4.58. The van der Waals surface area contributed by atoms with Crippen LogP contribution in [0.15, 0.2) is 0 Å². The van der Waals surface area contributed by atoms with Gasteiger partial charge >= 0.3 is 71.1 Å². The Morgan fingerprint density at radius 1 is 0.850 bits per heavy atom. The Balaban J connectivity index is -0.000000158. The largest absolute Gasteiger partial charge is 1.00 e. The Kier molecular flexibility index (Phi) is 37.8. The van der Waals surface area contributed by atoms with Crippen molar-refractivity contribution < 1.29 is 109 Å². The predicted molar refractivity (Wildman–Crippen MR) is 150 cm³/mol. The summed E-state index contributed by atoms with van der Waals surface area (Å²) >= 11 is 0. The fraction of sp³-hybridized carbons (Fsp3) is 0.667. The number of rotatable bonds is 18. The van der Waals surface area contributed by atoms with Gasteiger partial charge in [0, 0.05) is 26.4 Å². The molecule has 224 valence electrons. The van der Waals surface area contributed by atoms with Gasteiger partial charge in [-0.2, -0.15) is 0 Å². The number of amides is 1. The van der Waals surface area contributed by atoms with Gasteiger partial charge in [0.25, 0.3) is 0 Å². The van der Waals surface area contributed by atoms with Crippen molar-refractivity contribution in [3.63, 3.8) is 0 Å². The standard InChI is InChI=1S/C25H37O8P.C2H5NO.2Na.5H2/c1-3-5-7-9-10-11-12-13-14-16-18-20-25(27)33-23(22-32-34(28,29)30)21-31-24(26)19-17-15-8-6-4-2;1-2(3)4;;;;;;;/h23H,3,5,7,9-14,16,18,20-22H2,1-2H3,(H2,28,29,30);1H3,(H2,3,4);;;5*1H/q;;2*+1;;;;;/p-2/t23-;;;;;;;;/m1......../s1. The first-order valence-electron chi connectivity index (χ1n) is 12.7. The molecule has 0 saturated heterocycles. The molecule has 13 heteroatoms. The van der Waals surface area contributed by atoms with Crippen LogP contribution in [0.2, 0.25) is 0 Å². The summed E-state index contributed by atoms with van der Waals surface area (Å²) in [5, 5.41) is 0. The molecule has 0 radical (unpaired) electrons. The van der Waals surface area contributed by atoms with Gasteiger partial charge in [0.05, 0.1) is 14.4 Å². The number of hydrogen-bond donors (Lipinski definition) is 1. The summed E-state index contributed by atoms with van der Waals surface area (Å²) in [6.07, 6.45) is 11.4. The third kappa shape index (κ3) is 41.7. The molecule has 0 fully saturated rings. The molecule has 0 spiro atoms. The van der Waals surface area contributed by atoms with Crippen LogP contribution in [-0.4, -0.2) is 37.2 Å². The van der Waals surface area contributed by atoms with Gasteiger partial charge in [0.1, 0.15) is 6.61 Å². The average Bonchev–Trinajstić information content (AvgIpc) is 2.83. The van der Waals surface area contributed by atoms with Crippen LogP contribution in [0.3, 0.4) is 0 Å². The van der Waals surface area contributed by atoms with E-state index in [0.717, 1.165) is 19.3 Å². The monoisotopic (exact) mass is 609 g/mol. The Labute approximate surface area is 291 Å². The zero-order valence-corrected chi connectivity index (χ0v) is 29.6. The molecule has 10 nitrogen and oxygen atoms in total. The number of hydrogen-bond acceptors (Lipinski definition) is 9. The molecule has 0 aromatic rings. The van der Waals surface area contributed by atoms with E-state index in [0.29, 0.717) is 6.42 Å². The van der Waals surface area contributed by atoms with Gasteiger partial charge in [-0.15, -0.1) is 0 Å². The molecule has 0 aliphatic rings. The molecule has 1 amide bonds. The van der Waals surface area contributed by atoms with E-state index in [2.05, 4.69) is 52.7 Å². The molecule has 40 heavy (non-hydrogen) atoms. The van der Waals surface area contributed by atoms with Crippen molar-refractivity contribution in [3.8, 4) is 35.5 Å². The first-order valence-corrected chi connectivity index (χ1v) is 14.2. The number of carbonyl (C=O) groups is 3. The van der Waals surface area contributed by atoms with E-state index in [9.17, 15) is 28.7 Å². The second kappa shape index (κ2) is 32.7. The van der Waals surface area contributed by atoms with Gasteiger partial charge in [0.15, 0.2) is 6.10 Å². The zero-order chi connectivity index (χ0) is 29.1. The SMILES string of the molecule is CC#CC#CC#CC(=O)OC[C@H](COP(=O)([O-])[O-])OC(=O)CCCCCCCCCCCCC.CC(N)=O.[HH].[HH].[HH].[HH].[HH].[Na+].[Na+]. The number of carbonyl (C=O) groups excluding carboxylic acids is 3. The molecule has 0 aliphatic heterocycles. The topological polar surface area (TPSA) is 168 Å². The van der Waals surface area contributed by atoms with Gasteiger partial charge in [-0.1, -0.05) is 77.1 Å². The minimum absolute atomic E-state index is 0. The number of nitrogens with two attached hydrogens (primary N) is 1. The number of ether oxygens (including phenoxy) is 2. The molecule has 0 saturated carbocycles. The molecule has 1 atom stereocenters. The van der Waals surface area contributed by atoms with Crippen molar-refractivity contribution in [2.45, 2.75) is 104 Å². The van der Waals surface area contributed by atoms with E-state index < -0.39 is 39.1 Å². The smallest absolute Gasteiger partial charge is 0.790 e. The van der Waals surface area contributed by atoms with Crippen LogP contribution in [0.25, 0.3) is 0 Å². The summed E-state index contributed by atoms with van der Waals surface area (Å²) in [4.78, 5) is 54.3. The normalized spacial score (nSPS) is 10.0. The molecule has 0 aromatic heterocycles. The quantitative estimate of drug-likeness (QED) is 0.0451. The van der Waals surface area contributed by atoms with Crippen LogP contribution in [-0.2, 0) is 32.9 Å². The molecule has 0 aromatic carbocycles. The minimum Gasteiger partial charge on any atom is -0.790 e. The molecule has 0 bridgehead atoms. The molecule has 0 aliphatic carbocycles. The Bertz CT molecular complexity index is 940. The van der Waals surface area contributed by atoms with Crippen LogP contribution in [0.5, 0.6) is 0 Å². The van der Waals surface area contributed by atoms with Gasteiger partial charge in [-0.05, 0) is 37.0 Å². The maximum atomic E-state index is 12.1. The Hall–Kier alpha value is -0.800. The first-order chi connectivity index (χ1) is 18.0. The third-order valence-corrected chi connectivity index (χ3v) is 5.04. The molecule has 0 rings (SSSR count). The van der Waals surface area contributed by atoms with Gasteiger partial charge in [0.2, 0.25) is 5.91 Å². The second-order valence-corrected chi connectivity index (χ2v) is 9.38. The number of esters is 2. The number of unbranched alkanes of at least 4 members (excludes halogenated alkanes) is 10. The minimum atomic E-state index is -5.28. The summed E-state index contributed by atoms with van der Waals surface area (Å²) in [7, 11) is -5.28. The summed E-state index contributed by atoms with van der Waals surface area (Å²) in [5.41, 5.74) is 4.47.